The third-order valence-corrected chi connectivity index (χ3v) is 1.25. The predicted octanol–water partition coefficient (Wildman–Crippen LogP) is -5.63. The molecule has 0 fully saturated rings. The number of carboxylic acid groups (broad SMARTS) is 3. The Morgan fingerprint density at radius 2 is 1.29 bits per heavy atom. The van der Waals surface area contributed by atoms with E-state index in [9.17, 15) is 29.7 Å². The fourth-order valence-electron chi connectivity index (χ4n) is 0.684. The molecule has 14 heavy (non-hydrogen) atoms. The van der Waals surface area contributed by atoms with Crippen LogP contribution in [0.5, 0.6) is 0 Å². The second-order valence-electron chi connectivity index (χ2n) is 2.42. The second-order valence-corrected chi connectivity index (χ2v) is 2.42. The minimum absolute atomic E-state index is 0. The molecule has 0 aromatic heterocycles. The Morgan fingerprint density at radius 3 is 1.43 bits per heavy atom. The van der Waals surface area contributed by atoms with Gasteiger partial charge in [0.2, 0.25) is 0 Å². The summed E-state index contributed by atoms with van der Waals surface area (Å²) in [6.07, 6.45) is -2.72. The van der Waals surface area contributed by atoms with E-state index in [-0.39, 0.29) is 23.9 Å². The summed E-state index contributed by atoms with van der Waals surface area (Å²) in [5, 5.41) is 38.9. The van der Waals surface area contributed by atoms with Crippen LogP contribution in [0.4, 0.5) is 0 Å². The van der Waals surface area contributed by atoms with Crippen LogP contribution in [0, 0.1) is 0 Å². The molecule has 0 amide bonds. The quantitative estimate of drug-likeness (QED) is 0.499. The summed E-state index contributed by atoms with van der Waals surface area (Å²) in [4.78, 5) is 30.0. The van der Waals surface area contributed by atoms with Crippen molar-refractivity contribution in [1.82, 2.24) is 0 Å². The van der Waals surface area contributed by atoms with Gasteiger partial charge in [0.15, 0.2) is 0 Å². The molecular formula is C6H5O7Sn+. The van der Waals surface area contributed by atoms with Gasteiger partial charge < -0.3 is 34.8 Å². The van der Waals surface area contributed by atoms with Crippen molar-refractivity contribution in [1.29, 1.82) is 0 Å². The fraction of sp³-hybridized carbons (Fsp3) is 0.500. The van der Waals surface area contributed by atoms with Gasteiger partial charge >= 0.3 is 23.9 Å². The number of hydrogen-bond donors (Lipinski definition) is 1. The molecule has 0 unspecified atom stereocenters. The van der Waals surface area contributed by atoms with Crippen molar-refractivity contribution >= 4 is 41.8 Å². The molecular weight excluding hydrogens is 303 g/mol. The Balaban J connectivity index is 0. The van der Waals surface area contributed by atoms with E-state index in [0.29, 0.717) is 0 Å². The molecule has 0 bridgehead atoms. The number of carbonyl (C=O) groups excluding carboxylic acids is 3. The Labute approximate surface area is 95.3 Å². The molecule has 0 aliphatic heterocycles. The maximum atomic E-state index is 10.1. The molecule has 0 spiro atoms. The van der Waals surface area contributed by atoms with Crippen LogP contribution in [0.15, 0.2) is 0 Å². The SMILES string of the molecule is O=C([O-])CC(O)(CC(=O)[O-])C(=O)[O-].[Sn+4]. The Morgan fingerprint density at radius 1 is 1.00 bits per heavy atom. The fourth-order valence-corrected chi connectivity index (χ4v) is 0.684. The first kappa shape index (κ1) is 15.6. The van der Waals surface area contributed by atoms with Crippen molar-refractivity contribution < 1.29 is 34.8 Å². The summed E-state index contributed by atoms with van der Waals surface area (Å²) >= 11 is 0. The van der Waals surface area contributed by atoms with Crippen LogP contribution in [0.2, 0.25) is 0 Å². The molecule has 0 aromatic carbocycles. The van der Waals surface area contributed by atoms with Gasteiger partial charge in [0.25, 0.3) is 0 Å². The molecule has 0 heterocycles. The largest absolute Gasteiger partial charge is 4.00 e. The van der Waals surface area contributed by atoms with Gasteiger partial charge in [-0.05, 0) is 0 Å². The minimum Gasteiger partial charge on any atom is -0.550 e. The average Bonchev–Trinajstić information content (AvgIpc) is 1.82. The van der Waals surface area contributed by atoms with Crippen LogP contribution < -0.4 is 15.3 Å². The molecule has 1 N–H and O–H groups in total. The number of hydrogen-bond acceptors (Lipinski definition) is 7. The summed E-state index contributed by atoms with van der Waals surface area (Å²) in [6, 6.07) is 0. The van der Waals surface area contributed by atoms with Crippen molar-refractivity contribution in [2.75, 3.05) is 0 Å². The van der Waals surface area contributed by atoms with E-state index in [2.05, 4.69) is 0 Å². The van der Waals surface area contributed by atoms with Gasteiger partial charge in [-0.15, -0.1) is 0 Å². The van der Waals surface area contributed by atoms with E-state index < -0.39 is 36.4 Å². The van der Waals surface area contributed by atoms with Crippen molar-refractivity contribution in [2.45, 2.75) is 18.4 Å². The molecule has 0 aromatic rings. The number of aliphatic hydroxyl groups is 1. The van der Waals surface area contributed by atoms with E-state index >= 15 is 0 Å². The van der Waals surface area contributed by atoms with E-state index in [0.717, 1.165) is 0 Å². The molecule has 0 aliphatic carbocycles. The normalized spacial score (nSPS) is 10.1. The molecule has 0 saturated carbocycles. The Bertz CT molecular complexity index is 233. The standard InChI is InChI=1S/C6H8O7.Sn/c7-3(8)1-6(13,5(11)12)2-4(9)10;/h13H,1-2H2,(H,7,8)(H,9,10)(H,11,12);/q;+4/p-3. The van der Waals surface area contributed by atoms with Crippen LogP contribution in [0.25, 0.3) is 0 Å². The van der Waals surface area contributed by atoms with Crippen molar-refractivity contribution in [2.24, 2.45) is 0 Å². The molecule has 0 rings (SSSR count). The number of rotatable bonds is 5. The zero-order valence-electron chi connectivity index (χ0n) is 6.81. The zero-order chi connectivity index (χ0) is 10.6. The van der Waals surface area contributed by atoms with E-state index in [1.165, 1.54) is 0 Å². The average molecular weight is 308 g/mol. The van der Waals surface area contributed by atoms with Crippen LogP contribution in [-0.4, -0.2) is 52.5 Å². The predicted molar refractivity (Wildman–Crippen MR) is 35.0 cm³/mol. The second kappa shape index (κ2) is 5.81. The third-order valence-electron chi connectivity index (χ3n) is 1.25. The topological polar surface area (TPSA) is 141 Å². The minimum atomic E-state index is -2.97. The summed E-state index contributed by atoms with van der Waals surface area (Å²) in [7, 11) is 0. The molecule has 7 nitrogen and oxygen atoms in total. The zero-order valence-corrected chi connectivity index (χ0v) is 9.67. The third kappa shape index (κ3) is 5.02. The number of carbonyl (C=O) groups is 3. The summed E-state index contributed by atoms with van der Waals surface area (Å²) in [5.41, 5.74) is -2.97. The maximum Gasteiger partial charge on any atom is 4.00 e. The van der Waals surface area contributed by atoms with Crippen molar-refractivity contribution in [3.8, 4) is 0 Å². The Kier molecular flexibility index (Phi) is 6.48. The van der Waals surface area contributed by atoms with Crippen molar-refractivity contribution in [3.63, 3.8) is 0 Å². The maximum absolute atomic E-state index is 10.1. The smallest absolute Gasteiger partial charge is 0.550 e. The summed E-state index contributed by atoms with van der Waals surface area (Å²) in [5.74, 6) is -5.98. The van der Waals surface area contributed by atoms with Gasteiger partial charge in [0.05, 0.1) is 5.97 Å². The molecule has 0 atom stereocenters. The van der Waals surface area contributed by atoms with Crippen LogP contribution in [-0.2, 0) is 14.4 Å². The first-order chi connectivity index (χ1) is 5.78. The van der Waals surface area contributed by atoms with Crippen molar-refractivity contribution in [3.05, 3.63) is 0 Å². The van der Waals surface area contributed by atoms with Gasteiger partial charge in [-0.2, -0.15) is 0 Å². The monoisotopic (exact) mass is 309 g/mol. The van der Waals surface area contributed by atoms with Gasteiger partial charge in [-0.3, -0.25) is 0 Å². The Hall–Kier alpha value is -0.831. The van der Waals surface area contributed by atoms with Gasteiger partial charge in [0.1, 0.15) is 5.60 Å². The van der Waals surface area contributed by atoms with Gasteiger partial charge in [-0.1, -0.05) is 0 Å². The van der Waals surface area contributed by atoms with E-state index in [1.807, 2.05) is 0 Å². The summed E-state index contributed by atoms with van der Waals surface area (Å²) < 4.78 is 0. The van der Waals surface area contributed by atoms with Crippen LogP contribution in [0.3, 0.4) is 0 Å². The summed E-state index contributed by atoms with van der Waals surface area (Å²) in [6.45, 7) is 0. The first-order valence-corrected chi connectivity index (χ1v) is 3.11. The van der Waals surface area contributed by atoms with Crippen LogP contribution in [0.1, 0.15) is 12.8 Å². The molecule has 0 aliphatic rings. The first-order valence-electron chi connectivity index (χ1n) is 3.11. The molecule has 0 saturated heterocycles. The van der Waals surface area contributed by atoms with Gasteiger partial charge in [-0.25, -0.2) is 0 Å². The molecule has 0 radical (unpaired) electrons. The molecule has 74 valence electrons. The van der Waals surface area contributed by atoms with E-state index in [4.69, 9.17) is 5.11 Å². The van der Waals surface area contributed by atoms with E-state index in [1.54, 1.807) is 0 Å². The number of aliphatic carboxylic acids is 3. The van der Waals surface area contributed by atoms with Gasteiger partial charge in [0, 0.05) is 24.8 Å². The van der Waals surface area contributed by atoms with Crippen LogP contribution >= 0.6 is 0 Å². The number of carboxylic acids is 3. The molecule has 8 heteroatoms.